The van der Waals surface area contributed by atoms with Crippen molar-refractivity contribution in [3.8, 4) is 0 Å². The molecule has 0 atom stereocenters. The molecule has 0 aromatic rings. The normalized spacial score (nSPS) is 11.5. The molecule has 0 aliphatic carbocycles. The summed E-state index contributed by atoms with van der Waals surface area (Å²) in [6, 6.07) is 0. The first-order chi connectivity index (χ1) is 7.45. The van der Waals surface area contributed by atoms with E-state index >= 15 is 0 Å². The zero-order valence-corrected chi connectivity index (χ0v) is 11.4. The maximum absolute atomic E-state index is 10.9. The van der Waals surface area contributed by atoms with Crippen molar-refractivity contribution >= 4 is 5.97 Å². The number of quaternary nitrogens is 1. The molecule has 0 aromatic carbocycles. The Balaban J connectivity index is 0. The molecular formula is C9H20ClNO6. The van der Waals surface area contributed by atoms with Crippen LogP contribution in [0.4, 0.5) is 0 Å². The molecule has 104 valence electrons. The smallest absolute Gasteiger partial charge is 0.305 e. The average Bonchev–Trinajstić information content (AvgIpc) is 1.98. The van der Waals surface area contributed by atoms with Crippen LogP contribution in [0.2, 0.25) is 0 Å². The van der Waals surface area contributed by atoms with E-state index in [4.69, 9.17) is 23.4 Å². The Morgan fingerprint density at radius 1 is 1.18 bits per heavy atom. The fourth-order valence-corrected chi connectivity index (χ4v) is 0.710. The molecule has 0 saturated heterocycles. The van der Waals surface area contributed by atoms with Crippen LogP contribution in [0.3, 0.4) is 0 Å². The third-order valence-corrected chi connectivity index (χ3v) is 1.48. The van der Waals surface area contributed by atoms with Crippen LogP contribution in [0.1, 0.15) is 19.8 Å². The van der Waals surface area contributed by atoms with Gasteiger partial charge in [-0.15, -0.1) is 10.2 Å². The Morgan fingerprint density at radius 2 is 1.59 bits per heavy atom. The summed E-state index contributed by atoms with van der Waals surface area (Å²) in [4.78, 5) is 10.9. The second-order valence-corrected chi connectivity index (χ2v) is 5.12. The average molecular weight is 274 g/mol. The zero-order valence-electron chi connectivity index (χ0n) is 10.6. The van der Waals surface area contributed by atoms with Crippen molar-refractivity contribution in [2.24, 2.45) is 0 Å². The fourth-order valence-electron chi connectivity index (χ4n) is 0.710. The van der Waals surface area contributed by atoms with Crippen LogP contribution in [0.5, 0.6) is 0 Å². The van der Waals surface area contributed by atoms with Crippen molar-refractivity contribution in [2.75, 3.05) is 34.3 Å². The van der Waals surface area contributed by atoms with E-state index in [2.05, 4.69) is 21.1 Å². The van der Waals surface area contributed by atoms with E-state index in [0.29, 0.717) is 13.0 Å². The Labute approximate surface area is 104 Å². The molecule has 0 bridgehead atoms. The first-order valence-electron chi connectivity index (χ1n) is 5.03. The van der Waals surface area contributed by atoms with Crippen LogP contribution in [-0.2, 0) is 9.53 Å². The molecule has 0 aromatic heterocycles. The number of esters is 1. The van der Waals surface area contributed by atoms with Gasteiger partial charge in [-0.05, 0) is 6.42 Å². The van der Waals surface area contributed by atoms with Crippen LogP contribution >= 0.6 is 0 Å². The highest BCUT2D eigenvalue weighted by Gasteiger charge is 2.08. The molecule has 0 heterocycles. The lowest BCUT2D eigenvalue weighted by atomic mass is 10.3. The summed E-state index contributed by atoms with van der Waals surface area (Å²) in [5.74, 6) is -0.0778. The minimum absolute atomic E-state index is 0.0778. The lowest BCUT2D eigenvalue weighted by molar-refractivity contribution is -2.00. The summed E-state index contributed by atoms with van der Waals surface area (Å²) in [5, 5.41) is 0. The van der Waals surface area contributed by atoms with Gasteiger partial charge in [0.2, 0.25) is 0 Å². The van der Waals surface area contributed by atoms with Crippen molar-refractivity contribution < 1.29 is 42.9 Å². The van der Waals surface area contributed by atoms with Gasteiger partial charge in [-0.3, -0.25) is 4.79 Å². The molecule has 7 nitrogen and oxygen atoms in total. The Kier molecular flexibility index (Phi) is 9.59. The van der Waals surface area contributed by atoms with E-state index in [1.807, 2.05) is 6.92 Å². The molecular weight excluding hydrogens is 254 g/mol. The summed E-state index contributed by atoms with van der Waals surface area (Å²) in [5.41, 5.74) is 0. The fraction of sp³-hybridized carbons (Fsp3) is 0.889. The van der Waals surface area contributed by atoms with Gasteiger partial charge in [-0.25, -0.2) is 18.6 Å². The largest absolute Gasteiger partial charge is 0.460 e. The summed E-state index contributed by atoms with van der Waals surface area (Å²) in [6.45, 7) is 3.37. The molecule has 0 N–H and O–H groups in total. The van der Waals surface area contributed by atoms with Crippen molar-refractivity contribution in [1.29, 1.82) is 0 Å². The maximum Gasteiger partial charge on any atom is 0.305 e. The summed E-state index contributed by atoms with van der Waals surface area (Å²) < 4.78 is 39.8. The van der Waals surface area contributed by atoms with E-state index < -0.39 is 10.2 Å². The molecule has 17 heavy (non-hydrogen) atoms. The monoisotopic (exact) mass is 273 g/mol. The van der Waals surface area contributed by atoms with Crippen LogP contribution in [0, 0.1) is 10.2 Å². The third-order valence-electron chi connectivity index (χ3n) is 1.48. The minimum atomic E-state index is -4.94. The van der Waals surface area contributed by atoms with E-state index in [-0.39, 0.29) is 5.97 Å². The van der Waals surface area contributed by atoms with Crippen molar-refractivity contribution in [3.63, 3.8) is 0 Å². The van der Waals surface area contributed by atoms with Gasteiger partial charge >= 0.3 is 5.97 Å². The molecule has 0 fully saturated rings. The standard InChI is InChI=1S/C9H20NO2.ClHO4/c1-5-6-9(11)12-8-7-10(2,3)4;2-1(3,4)5/h5-8H2,1-4H3;(H,2,3,4,5)/q+1;/p-1. The number of hydrogen-bond acceptors (Lipinski definition) is 6. The third kappa shape index (κ3) is 31.3. The van der Waals surface area contributed by atoms with Crippen LogP contribution in [0.15, 0.2) is 0 Å². The van der Waals surface area contributed by atoms with Crippen LogP contribution < -0.4 is 18.6 Å². The molecule has 0 radical (unpaired) electrons. The van der Waals surface area contributed by atoms with Gasteiger partial charge in [-0.1, -0.05) is 6.92 Å². The number of rotatable bonds is 5. The summed E-state index contributed by atoms with van der Waals surface area (Å²) in [7, 11) is 1.29. The van der Waals surface area contributed by atoms with Gasteiger partial charge in [0, 0.05) is 6.42 Å². The van der Waals surface area contributed by atoms with Crippen molar-refractivity contribution in [3.05, 3.63) is 0 Å². The van der Waals surface area contributed by atoms with Gasteiger partial charge in [0.25, 0.3) is 0 Å². The predicted octanol–water partition coefficient (Wildman–Crippen LogP) is -3.72. The van der Waals surface area contributed by atoms with E-state index in [9.17, 15) is 4.79 Å². The van der Waals surface area contributed by atoms with E-state index in [0.717, 1.165) is 17.4 Å². The molecule has 0 amide bonds. The van der Waals surface area contributed by atoms with Crippen LogP contribution in [-0.4, -0.2) is 44.7 Å². The highest BCUT2D eigenvalue weighted by molar-refractivity contribution is 5.69. The Morgan fingerprint density at radius 3 is 1.88 bits per heavy atom. The number of likely N-dealkylation sites (N-methyl/N-ethyl adjacent to an activating group) is 1. The highest BCUT2D eigenvalue weighted by atomic mass is 35.7. The minimum Gasteiger partial charge on any atom is -0.460 e. The molecule has 8 heteroatoms. The SMILES string of the molecule is CCCC(=O)OCC[N+](C)(C)C.[O-][Cl+3]([O-])([O-])[O-]. The number of hydrogen-bond donors (Lipinski definition) is 0. The lowest BCUT2D eigenvalue weighted by Crippen LogP contribution is -2.68. The molecule has 0 unspecified atom stereocenters. The van der Waals surface area contributed by atoms with E-state index in [1.165, 1.54) is 0 Å². The van der Waals surface area contributed by atoms with Gasteiger partial charge in [0.1, 0.15) is 13.2 Å². The molecule has 0 aliphatic rings. The second-order valence-electron chi connectivity index (χ2n) is 4.36. The lowest BCUT2D eigenvalue weighted by Gasteiger charge is -2.23. The zero-order chi connectivity index (χ0) is 14.1. The van der Waals surface area contributed by atoms with Crippen molar-refractivity contribution in [1.82, 2.24) is 0 Å². The van der Waals surface area contributed by atoms with Crippen LogP contribution in [0.25, 0.3) is 0 Å². The highest BCUT2D eigenvalue weighted by Crippen LogP contribution is 1.93. The Hall–Kier alpha value is -0.440. The van der Waals surface area contributed by atoms with Gasteiger partial charge in [0.05, 0.1) is 21.1 Å². The number of carbonyl (C=O) groups excluding carboxylic acids is 1. The molecule has 0 spiro atoms. The first-order valence-corrected chi connectivity index (χ1v) is 6.27. The Bertz CT molecular complexity index is 205. The molecule has 0 rings (SSSR count). The molecule has 0 aliphatic heterocycles. The summed E-state index contributed by atoms with van der Waals surface area (Å²) >= 11 is 0. The topological polar surface area (TPSA) is 119 Å². The number of ether oxygens (including phenoxy) is 1. The summed E-state index contributed by atoms with van der Waals surface area (Å²) in [6.07, 6.45) is 1.40. The molecule has 0 saturated carbocycles. The van der Waals surface area contributed by atoms with Crippen molar-refractivity contribution in [2.45, 2.75) is 19.8 Å². The van der Waals surface area contributed by atoms with Gasteiger partial charge in [-0.2, -0.15) is 0 Å². The van der Waals surface area contributed by atoms with Gasteiger partial charge in [0.15, 0.2) is 0 Å². The second kappa shape index (κ2) is 8.62. The number of nitrogens with zero attached hydrogens (tertiary/aromatic N) is 1. The predicted molar refractivity (Wildman–Crippen MR) is 48.8 cm³/mol. The van der Waals surface area contributed by atoms with Gasteiger partial charge < -0.3 is 9.22 Å². The quantitative estimate of drug-likeness (QED) is 0.375. The van der Waals surface area contributed by atoms with E-state index in [1.54, 1.807) is 0 Å². The number of halogens is 1. The maximum atomic E-state index is 10.9. The number of carbonyl (C=O) groups is 1. The first kappa shape index (κ1) is 18.9.